The minimum Gasteiger partial charge on any atom is -0.463 e. The molecule has 24 heavy (non-hydrogen) atoms. The largest absolute Gasteiger partial charge is 0.474 e. The summed E-state index contributed by atoms with van der Waals surface area (Å²) in [7, 11) is -2.36. The van der Waals surface area contributed by atoms with E-state index in [1.165, 1.54) is 7.11 Å². The highest BCUT2D eigenvalue weighted by Gasteiger charge is 2.24. The van der Waals surface area contributed by atoms with Crippen molar-refractivity contribution in [1.82, 2.24) is 0 Å². The van der Waals surface area contributed by atoms with E-state index in [0.717, 1.165) is 12.2 Å². The van der Waals surface area contributed by atoms with Crippen LogP contribution in [-0.4, -0.2) is 45.5 Å². The number of hydrogen-bond acceptors (Lipinski definition) is 8. The minimum atomic E-state index is -3.60. The van der Waals surface area contributed by atoms with Crippen LogP contribution < -0.4 is 0 Å². The van der Waals surface area contributed by atoms with Crippen LogP contribution in [-0.2, 0) is 37.2 Å². The summed E-state index contributed by atoms with van der Waals surface area (Å²) in [4.78, 5) is 21.6. The Hall–Kier alpha value is -1.47. The molecular formula is C15H25O8P. The molecular weight excluding hydrogens is 339 g/mol. The molecule has 0 unspecified atom stereocenters. The number of ether oxygens (including phenoxy) is 2. The highest BCUT2D eigenvalue weighted by Crippen LogP contribution is 2.48. The van der Waals surface area contributed by atoms with Crippen LogP contribution in [0.5, 0.6) is 0 Å². The van der Waals surface area contributed by atoms with Crippen molar-refractivity contribution in [3.05, 3.63) is 25.3 Å². The van der Waals surface area contributed by atoms with Gasteiger partial charge in [0.1, 0.15) is 0 Å². The standard InChI is InChI=1S/C15H25O8P/c1-4-14(16)20-10-6-8-12-22-24(18,19-3)23-13-9-7-11-21-15(17)5-2/h4-5H,1-2,6-13H2,3H3. The van der Waals surface area contributed by atoms with Crippen molar-refractivity contribution in [2.75, 3.05) is 33.5 Å². The summed E-state index contributed by atoms with van der Waals surface area (Å²) in [5, 5.41) is 0. The number of phosphoric acid groups is 1. The molecule has 0 radical (unpaired) electrons. The molecule has 0 aromatic heterocycles. The number of unbranched alkanes of at least 4 members (excludes halogenated alkanes) is 2. The molecule has 0 amide bonds. The first-order valence-corrected chi connectivity index (χ1v) is 8.96. The molecule has 0 heterocycles. The van der Waals surface area contributed by atoms with Crippen molar-refractivity contribution in [2.45, 2.75) is 25.7 Å². The van der Waals surface area contributed by atoms with Gasteiger partial charge in [-0.15, -0.1) is 0 Å². The van der Waals surface area contributed by atoms with Gasteiger partial charge in [-0.05, 0) is 25.7 Å². The van der Waals surface area contributed by atoms with Crippen molar-refractivity contribution < 1.29 is 37.2 Å². The van der Waals surface area contributed by atoms with Crippen LogP contribution in [0.15, 0.2) is 25.3 Å². The first-order chi connectivity index (χ1) is 11.5. The zero-order chi connectivity index (χ0) is 18.3. The van der Waals surface area contributed by atoms with Crippen LogP contribution in [0, 0.1) is 0 Å². The highest BCUT2D eigenvalue weighted by molar-refractivity contribution is 7.48. The lowest BCUT2D eigenvalue weighted by atomic mass is 10.3. The van der Waals surface area contributed by atoms with Gasteiger partial charge in [0.25, 0.3) is 0 Å². The summed E-state index contributed by atoms with van der Waals surface area (Å²) in [6.45, 7) is 7.32. The third-order valence-corrected chi connectivity index (χ3v) is 4.07. The minimum absolute atomic E-state index is 0.147. The van der Waals surface area contributed by atoms with Gasteiger partial charge < -0.3 is 9.47 Å². The van der Waals surface area contributed by atoms with Crippen molar-refractivity contribution in [3.63, 3.8) is 0 Å². The predicted molar refractivity (Wildman–Crippen MR) is 87.3 cm³/mol. The van der Waals surface area contributed by atoms with Gasteiger partial charge in [-0.1, -0.05) is 13.2 Å². The van der Waals surface area contributed by atoms with Gasteiger partial charge in [-0.3, -0.25) is 13.6 Å². The number of phosphoric ester groups is 1. The van der Waals surface area contributed by atoms with Crippen molar-refractivity contribution in [3.8, 4) is 0 Å². The van der Waals surface area contributed by atoms with E-state index in [2.05, 4.69) is 13.2 Å². The zero-order valence-electron chi connectivity index (χ0n) is 13.9. The quantitative estimate of drug-likeness (QED) is 0.189. The van der Waals surface area contributed by atoms with Gasteiger partial charge in [0, 0.05) is 19.3 Å². The summed E-state index contributed by atoms with van der Waals surface area (Å²) >= 11 is 0. The Labute approximate surface area is 142 Å². The predicted octanol–water partition coefficient (Wildman–Crippen LogP) is 2.79. The van der Waals surface area contributed by atoms with E-state index in [9.17, 15) is 14.2 Å². The van der Waals surface area contributed by atoms with Crippen LogP contribution in [0.4, 0.5) is 0 Å². The maximum Gasteiger partial charge on any atom is 0.474 e. The normalized spacial score (nSPS) is 10.9. The Morgan fingerprint density at radius 3 is 1.54 bits per heavy atom. The highest BCUT2D eigenvalue weighted by atomic mass is 31.2. The molecule has 8 nitrogen and oxygen atoms in total. The van der Waals surface area contributed by atoms with E-state index in [-0.39, 0.29) is 26.4 Å². The molecule has 0 bridgehead atoms. The van der Waals surface area contributed by atoms with Crippen LogP contribution in [0.1, 0.15) is 25.7 Å². The molecule has 0 saturated carbocycles. The lowest BCUT2D eigenvalue weighted by molar-refractivity contribution is -0.138. The average Bonchev–Trinajstić information content (AvgIpc) is 2.60. The van der Waals surface area contributed by atoms with Crippen molar-refractivity contribution in [1.29, 1.82) is 0 Å². The summed E-state index contributed by atoms with van der Waals surface area (Å²) in [5.74, 6) is -0.971. The van der Waals surface area contributed by atoms with Gasteiger partial charge in [0.05, 0.1) is 26.4 Å². The van der Waals surface area contributed by atoms with E-state index in [0.29, 0.717) is 25.7 Å². The third kappa shape index (κ3) is 12.0. The van der Waals surface area contributed by atoms with Crippen LogP contribution >= 0.6 is 7.82 Å². The lowest BCUT2D eigenvalue weighted by Crippen LogP contribution is -2.05. The monoisotopic (exact) mass is 364 g/mol. The first-order valence-electron chi connectivity index (χ1n) is 7.50. The molecule has 0 N–H and O–H groups in total. The van der Waals surface area contributed by atoms with Crippen molar-refractivity contribution in [2.24, 2.45) is 0 Å². The lowest BCUT2D eigenvalue weighted by Gasteiger charge is -2.15. The molecule has 0 saturated heterocycles. The molecule has 0 aliphatic heterocycles. The fourth-order valence-corrected chi connectivity index (χ4v) is 2.36. The Morgan fingerprint density at radius 2 is 1.21 bits per heavy atom. The second kappa shape index (κ2) is 13.9. The molecule has 0 rings (SSSR count). The fourth-order valence-electron chi connectivity index (χ4n) is 1.37. The molecule has 0 fully saturated rings. The second-order valence-corrected chi connectivity index (χ2v) is 6.23. The van der Waals surface area contributed by atoms with E-state index >= 15 is 0 Å². The number of esters is 2. The molecule has 0 atom stereocenters. The Kier molecular flexibility index (Phi) is 13.1. The SMILES string of the molecule is C=CC(=O)OCCCCOP(=O)(OC)OCCCCOC(=O)C=C. The second-order valence-electron chi connectivity index (χ2n) is 4.45. The van der Waals surface area contributed by atoms with Gasteiger partial charge in [0.15, 0.2) is 0 Å². The average molecular weight is 364 g/mol. The Bertz CT molecular complexity index is 413. The van der Waals surface area contributed by atoms with E-state index in [4.69, 9.17) is 23.0 Å². The maximum absolute atomic E-state index is 12.1. The van der Waals surface area contributed by atoms with Gasteiger partial charge in [-0.2, -0.15) is 0 Å². The summed E-state index contributed by atoms with van der Waals surface area (Å²) in [6.07, 6.45) is 4.33. The molecule has 0 aliphatic rings. The fraction of sp³-hybridized carbons (Fsp3) is 0.600. The number of rotatable bonds is 15. The summed E-state index contributed by atoms with van der Waals surface area (Å²) in [5.41, 5.74) is 0. The van der Waals surface area contributed by atoms with Crippen LogP contribution in [0.2, 0.25) is 0 Å². The Balaban J connectivity index is 3.74. The van der Waals surface area contributed by atoms with Crippen molar-refractivity contribution >= 4 is 19.8 Å². The van der Waals surface area contributed by atoms with E-state index in [1.54, 1.807) is 0 Å². The number of carbonyl (C=O) groups is 2. The zero-order valence-corrected chi connectivity index (χ0v) is 14.8. The Morgan fingerprint density at radius 1 is 0.833 bits per heavy atom. The van der Waals surface area contributed by atoms with E-state index < -0.39 is 19.8 Å². The van der Waals surface area contributed by atoms with Gasteiger partial charge >= 0.3 is 19.8 Å². The number of hydrogen-bond donors (Lipinski definition) is 0. The van der Waals surface area contributed by atoms with Gasteiger partial charge in [-0.25, -0.2) is 14.2 Å². The van der Waals surface area contributed by atoms with Gasteiger partial charge in [0.2, 0.25) is 0 Å². The van der Waals surface area contributed by atoms with E-state index in [1.807, 2.05) is 0 Å². The first kappa shape index (κ1) is 22.5. The molecule has 9 heteroatoms. The summed E-state index contributed by atoms with van der Waals surface area (Å²) < 4.78 is 36.7. The van der Waals surface area contributed by atoms with Crippen LogP contribution in [0.3, 0.4) is 0 Å². The topological polar surface area (TPSA) is 97.4 Å². The van der Waals surface area contributed by atoms with Crippen LogP contribution in [0.25, 0.3) is 0 Å². The number of carbonyl (C=O) groups excluding carboxylic acids is 2. The molecule has 138 valence electrons. The summed E-state index contributed by atoms with van der Waals surface area (Å²) in [6, 6.07) is 0. The molecule has 0 aromatic rings. The maximum atomic E-state index is 12.1. The third-order valence-electron chi connectivity index (χ3n) is 2.62. The molecule has 0 aromatic carbocycles. The molecule has 0 aliphatic carbocycles. The molecule has 0 spiro atoms. The smallest absolute Gasteiger partial charge is 0.463 e.